The smallest absolute Gasteiger partial charge is 0.127 e. The van der Waals surface area contributed by atoms with Crippen molar-refractivity contribution in [3.63, 3.8) is 0 Å². The van der Waals surface area contributed by atoms with Crippen molar-refractivity contribution in [1.82, 2.24) is 5.32 Å². The van der Waals surface area contributed by atoms with Crippen molar-refractivity contribution in [2.24, 2.45) is 0 Å². The Kier molecular flexibility index (Phi) is 2.32. The average Bonchev–Trinajstić information content (AvgIpc) is 2.88. The van der Waals surface area contributed by atoms with Gasteiger partial charge in [0.25, 0.3) is 0 Å². The molecular formula is C11H14FN. The maximum atomic E-state index is 13.4. The molecule has 0 aromatic heterocycles. The fraction of sp³-hybridized carbons (Fsp3) is 0.455. The van der Waals surface area contributed by atoms with Gasteiger partial charge in [-0.3, -0.25) is 0 Å². The van der Waals surface area contributed by atoms with Crippen LogP contribution in [0, 0.1) is 5.82 Å². The first-order chi connectivity index (χ1) is 6.31. The average molecular weight is 179 g/mol. The minimum absolute atomic E-state index is 0.0322. The number of halogens is 1. The van der Waals surface area contributed by atoms with E-state index < -0.39 is 0 Å². The van der Waals surface area contributed by atoms with Gasteiger partial charge in [-0.2, -0.15) is 0 Å². The van der Waals surface area contributed by atoms with Crippen LogP contribution in [0.15, 0.2) is 18.2 Å². The second-order valence-electron chi connectivity index (χ2n) is 3.66. The van der Waals surface area contributed by atoms with E-state index in [2.05, 4.69) is 5.32 Å². The summed E-state index contributed by atoms with van der Waals surface area (Å²) in [5, 5.41) is 3.01. The van der Waals surface area contributed by atoms with Gasteiger partial charge >= 0.3 is 0 Å². The molecule has 1 aliphatic rings. The third-order valence-corrected chi connectivity index (χ3v) is 2.46. The maximum absolute atomic E-state index is 13.4. The normalized spacial score (nSPS) is 16.2. The lowest BCUT2D eigenvalue weighted by atomic mass is 10.1. The highest BCUT2D eigenvalue weighted by Gasteiger charge is 2.26. The molecule has 13 heavy (non-hydrogen) atoms. The van der Waals surface area contributed by atoms with E-state index >= 15 is 0 Å². The highest BCUT2D eigenvalue weighted by Crippen LogP contribution is 2.41. The fourth-order valence-corrected chi connectivity index (χ4v) is 1.61. The Hall–Kier alpha value is -0.890. The van der Waals surface area contributed by atoms with Crippen molar-refractivity contribution in [3.8, 4) is 0 Å². The van der Waals surface area contributed by atoms with Crippen molar-refractivity contribution in [2.45, 2.75) is 25.3 Å². The van der Waals surface area contributed by atoms with E-state index in [4.69, 9.17) is 0 Å². The van der Waals surface area contributed by atoms with Crippen LogP contribution in [0.5, 0.6) is 0 Å². The van der Waals surface area contributed by atoms with Gasteiger partial charge in [-0.05, 0) is 43.0 Å². The molecule has 0 spiro atoms. The van der Waals surface area contributed by atoms with Crippen LogP contribution in [-0.4, -0.2) is 7.05 Å². The zero-order valence-electron chi connectivity index (χ0n) is 7.81. The molecule has 0 radical (unpaired) electrons. The standard InChI is InChI=1S/C11H14FN/c1-13-7-8-2-5-10(9-3-4-9)11(12)6-8/h2,5-6,9,13H,3-4,7H2,1H3. The van der Waals surface area contributed by atoms with Crippen LogP contribution >= 0.6 is 0 Å². The van der Waals surface area contributed by atoms with E-state index in [9.17, 15) is 4.39 Å². The van der Waals surface area contributed by atoms with Crippen LogP contribution in [-0.2, 0) is 6.54 Å². The van der Waals surface area contributed by atoms with Crippen LogP contribution in [0.25, 0.3) is 0 Å². The quantitative estimate of drug-likeness (QED) is 0.751. The molecule has 0 atom stereocenters. The first-order valence-electron chi connectivity index (χ1n) is 4.74. The van der Waals surface area contributed by atoms with E-state index in [1.807, 2.05) is 19.2 Å². The van der Waals surface area contributed by atoms with Gasteiger partial charge < -0.3 is 5.32 Å². The molecular weight excluding hydrogens is 165 g/mol. The van der Waals surface area contributed by atoms with Gasteiger partial charge in [-0.15, -0.1) is 0 Å². The first kappa shape index (κ1) is 8.70. The van der Waals surface area contributed by atoms with Gasteiger partial charge in [0.1, 0.15) is 5.82 Å². The maximum Gasteiger partial charge on any atom is 0.127 e. The highest BCUT2D eigenvalue weighted by molar-refractivity contribution is 5.29. The van der Waals surface area contributed by atoms with Crippen LogP contribution in [0.3, 0.4) is 0 Å². The lowest BCUT2D eigenvalue weighted by Crippen LogP contribution is -2.05. The molecule has 70 valence electrons. The van der Waals surface area contributed by atoms with Gasteiger partial charge in [0.2, 0.25) is 0 Å². The molecule has 0 saturated heterocycles. The third kappa shape index (κ3) is 1.89. The van der Waals surface area contributed by atoms with Crippen LogP contribution in [0.2, 0.25) is 0 Å². The van der Waals surface area contributed by atoms with E-state index in [0.29, 0.717) is 5.92 Å². The topological polar surface area (TPSA) is 12.0 Å². The summed E-state index contributed by atoms with van der Waals surface area (Å²) in [5.41, 5.74) is 1.92. The highest BCUT2D eigenvalue weighted by atomic mass is 19.1. The summed E-state index contributed by atoms with van der Waals surface area (Å²) < 4.78 is 13.4. The summed E-state index contributed by atoms with van der Waals surface area (Å²) in [5.74, 6) is 0.471. The molecule has 2 rings (SSSR count). The van der Waals surface area contributed by atoms with Gasteiger partial charge in [0, 0.05) is 6.54 Å². The summed E-state index contributed by atoms with van der Waals surface area (Å²) in [4.78, 5) is 0. The van der Waals surface area contributed by atoms with E-state index in [1.54, 1.807) is 6.07 Å². The molecule has 2 heteroatoms. The lowest BCUT2D eigenvalue weighted by Gasteiger charge is -2.04. The molecule has 1 N–H and O–H groups in total. The summed E-state index contributed by atoms with van der Waals surface area (Å²) in [6.45, 7) is 0.738. The summed E-state index contributed by atoms with van der Waals surface area (Å²) in [6, 6.07) is 5.58. The van der Waals surface area contributed by atoms with Crippen molar-refractivity contribution in [1.29, 1.82) is 0 Å². The zero-order valence-corrected chi connectivity index (χ0v) is 7.81. The Bertz CT molecular complexity index is 305. The van der Waals surface area contributed by atoms with E-state index in [-0.39, 0.29) is 5.82 Å². The largest absolute Gasteiger partial charge is 0.316 e. The third-order valence-electron chi connectivity index (χ3n) is 2.46. The number of rotatable bonds is 3. The Balaban J connectivity index is 2.21. The molecule has 1 fully saturated rings. The van der Waals surface area contributed by atoms with Gasteiger partial charge in [-0.25, -0.2) is 4.39 Å². The molecule has 1 nitrogen and oxygen atoms in total. The Morgan fingerprint density at radius 2 is 2.23 bits per heavy atom. The number of benzene rings is 1. The van der Waals surface area contributed by atoms with Crippen molar-refractivity contribution in [2.75, 3.05) is 7.05 Å². The molecule has 0 aliphatic heterocycles. The Labute approximate surface area is 78.0 Å². The predicted molar refractivity (Wildman–Crippen MR) is 51.1 cm³/mol. The SMILES string of the molecule is CNCc1ccc(C2CC2)c(F)c1. The van der Waals surface area contributed by atoms with Gasteiger partial charge in [0.15, 0.2) is 0 Å². The molecule has 0 bridgehead atoms. The summed E-state index contributed by atoms with van der Waals surface area (Å²) in [6.07, 6.45) is 2.31. The lowest BCUT2D eigenvalue weighted by molar-refractivity contribution is 0.607. The second kappa shape index (κ2) is 3.46. The minimum atomic E-state index is -0.0322. The molecule has 1 aromatic rings. The number of nitrogens with one attached hydrogen (secondary N) is 1. The van der Waals surface area contributed by atoms with Crippen LogP contribution in [0.1, 0.15) is 29.9 Å². The first-order valence-corrected chi connectivity index (χ1v) is 4.74. The van der Waals surface area contributed by atoms with E-state index in [0.717, 1.165) is 30.5 Å². The fourth-order valence-electron chi connectivity index (χ4n) is 1.61. The molecule has 0 unspecified atom stereocenters. The van der Waals surface area contributed by atoms with Crippen molar-refractivity contribution in [3.05, 3.63) is 35.1 Å². The monoisotopic (exact) mass is 179 g/mol. The Morgan fingerprint density at radius 1 is 1.46 bits per heavy atom. The molecule has 1 aromatic carbocycles. The van der Waals surface area contributed by atoms with E-state index in [1.165, 1.54) is 0 Å². The number of hydrogen-bond acceptors (Lipinski definition) is 1. The van der Waals surface area contributed by atoms with Gasteiger partial charge in [0.05, 0.1) is 0 Å². The minimum Gasteiger partial charge on any atom is -0.316 e. The molecule has 1 aliphatic carbocycles. The van der Waals surface area contributed by atoms with Gasteiger partial charge in [-0.1, -0.05) is 12.1 Å². The summed E-state index contributed by atoms with van der Waals surface area (Å²) >= 11 is 0. The predicted octanol–water partition coefficient (Wildman–Crippen LogP) is 2.42. The Morgan fingerprint density at radius 3 is 2.77 bits per heavy atom. The molecule has 0 amide bonds. The zero-order chi connectivity index (χ0) is 9.26. The molecule has 0 heterocycles. The van der Waals surface area contributed by atoms with Crippen molar-refractivity contribution < 1.29 is 4.39 Å². The van der Waals surface area contributed by atoms with Crippen molar-refractivity contribution >= 4 is 0 Å². The second-order valence-corrected chi connectivity index (χ2v) is 3.66. The van der Waals surface area contributed by atoms with Crippen LogP contribution in [0.4, 0.5) is 4.39 Å². The summed E-state index contributed by atoms with van der Waals surface area (Å²) in [7, 11) is 1.87. The molecule has 1 saturated carbocycles. The van der Waals surface area contributed by atoms with Crippen LogP contribution < -0.4 is 5.32 Å². The number of hydrogen-bond donors (Lipinski definition) is 1.